The highest BCUT2D eigenvalue weighted by Crippen LogP contribution is 2.15. The highest BCUT2D eigenvalue weighted by molar-refractivity contribution is 7.80. The number of hydrogen-bond acceptors (Lipinski definition) is 3. The Balaban J connectivity index is 2.76. The average molecular weight is 248 g/mol. The van der Waals surface area contributed by atoms with Crippen LogP contribution in [0.3, 0.4) is 0 Å². The number of rotatable bonds is 7. The molecule has 0 aliphatic heterocycles. The predicted molar refractivity (Wildman–Crippen MR) is 73.9 cm³/mol. The summed E-state index contributed by atoms with van der Waals surface area (Å²) in [6.45, 7) is 8.29. The number of pyridine rings is 1. The standard InChI is InChI=1S/C13H16N2OS/c1-3-8-15-13(17)12(16-10-4-2)11-7-5-6-9-14-11/h3-7,9,12H,1-2,8,10H2,(H,15,17). The molecule has 0 amide bonds. The van der Waals surface area contributed by atoms with E-state index in [1.54, 1.807) is 18.3 Å². The molecule has 0 aromatic carbocycles. The normalized spacial score (nSPS) is 11.5. The number of aromatic nitrogens is 1. The maximum atomic E-state index is 5.62. The third-order valence-electron chi connectivity index (χ3n) is 2.00. The molecule has 1 aromatic heterocycles. The van der Waals surface area contributed by atoms with Crippen molar-refractivity contribution >= 4 is 17.2 Å². The van der Waals surface area contributed by atoms with Crippen LogP contribution in [-0.4, -0.2) is 23.1 Å². The van der Waals surface area contributed by atoms with Gasteiger partial charge in [0, 0.05) is 12.7 Å². The molecule has 0 fully saturated rings. The summed E-state index contributed by atoms with van der Waals surface area (Å²) in [6.07, 6.45) is 4.81. The second-order valence-corrected chi connectivity index (χ2v) is 3.73. The Labute approximate surface area is 107 Å². The molecule has 0 aliphatic rings. The molecule has 4 heteroatoms. The minimum absolute atomic E-state index is 0.343. The Morgan fingerprint density at radius 1 is 1.47 bits per heavy atom. The SMILES string of the molecule is C=CCNC(=S)C(OCC=C)c1ccccn1. The van der Waals surface area contributed by atoms with Gasteiger partial charge in [-0.25, -0.2) is 0 Å². The van der Waals surface area contributed by atoms with Crippen molar-refractivity contribution in [2.24, 2.45) is 0 Å². The number of nitrogens with zero attached hydrogens (tertiary/aromatic N) is 1. The summed E-state index contributed by atoms with van der Waals surface area (Å²) < 4.78 is 5.62. The predicted octanol–water partition coefficient (Wildman–Crippen LogP) is 2.43. The van der Waals surface area contributed by atoms with Crippen molar-refractivity contribution < 1.29 is 4.74 Å². The lowest BCUT2D eigenvalue weighted by atomic mass is 10.2. The van der Waals surface area contributed by atoms with Gasteiger partial charge < -0.3 is 10.1 Å². The lowest BCUT2D eigenvalue weighted by Gasteiger charge is -2.18. The minimum Gasteiger partial charge on any atom is -0.374 e. The van der Waals surface area contributed by atoms with Gasteiger partial charge in [0.25, 0.3) is 0 Å². The molecule has 1 N–H and O–H groups in total. The molecule has 0 aliphatic carbocycles. The lowest BCUT2D eigenvalue weighted by molar-refractivity contribution is 0.120. The summed E-state index contributed by atoms with van der Waals surface area (Å²) in [5, 5.41) is 3.05. The van der Waals surface area contributed by atoms with Gasteiger partial charge in [-0.1, -0.05) is 30.4 Å². The van der Waals surface area contributed by atoms with Gasteiger partial charge in [0.15, 0.2) is 0 Å². The molecule has 1 heterocycles. The maximum Gasteiger partial charge on any atom is 0.150 e. The quantitative estimate of drug-likeness (QED) is 0.593. The molecule has 0 saturated carbocycles. The van der Waals surface area contributed by atoms with Gasteiger partial charge in [-0.2, -0.15) is 0 Å². The van der Waals surface area contributed by atoms with Crippen molar-refractivity contribution in [1.82, 2.24) is 10.3 Å². The molecule has 3 nitrogen and oxygen atoms in total. The van der Waals surface area contributed by atoms with Crippen LogP contribution in [0.2, 0.25) is 0 Å². The van der Waals surface area contributed by atoms with Gasteiger partial charge in [-0.3, -0.25) is 4.98 Å². The van der Waals surface area contributed by atoms with Crippen LogP contribution in [0.1, 0.15) is 11.8 Å². The summed E-state index contributed by atoms with van der Waals surface area (Å²) in [6, 6.07) is 5.65. The Morgan fingerprint density at radius 2 is 2.29 bits per heavy atom. The fourth-order valence-corrected chi connectivity index (χ4v) is 1.53. The Kier molecular flexibility index (Phi) is 6.14. The van der Waals surface area contributed by atoms with Crippen molar-refractivity contribution in [3.63, 3.8) is 0 Å². The Morgan fingerprint density at radius 3 is 2.88 bits per heavy atom. The molecular weight excluding hydrogens is 232 g/mol. The van der Waals surface area contributed by atoms with Gasteiger partial charge in [0.05, 0.1) is 12.3 Å². The van der Waals surface area contributed by atoms with E-state index in [1.165, 1.54) is 0 Å². The van der Waals surface area contributed by atoms with Crippen LogP contribution in [-0.2, 0) is 4.74 Å². The fraction of sp³-hybridized carbons (Fsp3) is 0.231. The molecule has 0 bridgehead atoms. The largest absolute Gasteiger partial charge is 0.374 e. The summed E-state index contributed by atoms with van der Waals surface area (Å²) in [4.78, 5) is 4.85. The molecule has 0 saturated heterocycles. The van der Waals surface area contributed by atoms with Crippen molar-refractivity contribution in [2.75, 3.05) is 13.2 Å². The molecule has 1 unspecified atom stereocenters. The van der Waals surface area contributed by atoms with Crippen LogP contribution >= 0.6 is 12.2 Å². The van der Waals surface area contributed by atoms with Crippen molar-refractivity contribution in [2.45, 2.75) is 6.10 Å². The van der Waals surface area contributed by atoms with Crippen LogP contribution in [0.25, 0.3) is 0 Å². The minimum atomic E-state index is -0.343. The molecule has 0 radical (unpaired) electrons. The summed E-state index contributed by atoms with van der Waals surface area (Å²) >= 11 is 5.28. The van der Waals surface area contributed by atoms with Crippen LogP contribution in [0.5, 0.6) is 0 Å². The van der Waals surface area contributed by atoms with E-state index in [4.69, 9.17) is 17.0 Å². The molecule has 1 rings (SSSR count). The molecular formula is C13H16N2OS. The summed E-state index contributed by atoms with van der Waals surface area (Å²) in [5.74, 6) is 0. The zero-order valence-electron chi connectivity index (χ0n) is 9.63. The first kappa shape index (κ1) is 13.5. The first-order valence-corrected chi connectivity index (χ1v) is 5.72. The second-order valence-electron chi connectivity index (χ2n) is 3.29. The zero-order valence-corrected chi connectivity index (χ0v) is 10.5. The molecule has 17 heavy (non-hydrogen) atoms. The van der Waals surface area contributed by atoms with Gasteiger partial charge >= 0.3 is 0 Å². The Bertz CT molecular complexity index is 378. The van der Waals surface area contributed by atoms with Crippen molar-refractivity contribution in [3.05, 3.63) is 55.4 Å². The highest BCUT2D eigenvalue weighted by Gasteiger charge is 2.17. The van der Waals surface area contributed by atoms with E-state index in [-0.39, 0.29) is 6.10 Å². The monoisotopic (exact) mass is 248 g/mol. The molecule has 0 spiro atoms. The van der Waals surface area contributed by atoms with Crippen LogP contribution in [0.4, 0.5) is 0 Å². The van der Waals surface area contributed by atoms with E-state index in [0.29, 0.717) is 18.1 Å². The maximum absolute atomic E-state index is 5.62. The summed E-state index contributed by atoms with van der Waals surface area (Å²) in [5.41, 5.74) is 0.788. The Hall–Kier alpha value is -1.52. The van der Waals surface area contributed by atoms with E-state index in [9.17, 15) is 0 Å². The topological polar surface area (TPSA) is 34.1 Å². The van der Waals surface area contributed by atoms with E-state index in [2.05, 4.69) is 23.5 Å². The average Bonchev–Trinajstić information content (AvgIpc) is 2.38. The van der Waals surface area contributed by atoms with E-state index in [1.807, 2.05) is 18.2 Å². The number of thiocarbonyl (C=S) groups is 1. The first-order valence-electron chi connectivity index (χ1n) is 5.31. The molecule has 90 valence electrons. The molecule has 1 atom stereocenters. The zero-order chi connectivity index (χ0) is 12.5. The van der Waals surface area contributed by atoms with Gasteiger partial charge in [0.1, 0.15) is 11.1 Å². The van der Waals surface area contributed by atoms with Crippen LogP contribution in [0, 0.1) is 0 Å². The van der Waals surface area contributed by atoms with Gasteiger partial charge in [-0.15, -0.1) is 13.2 Å². The third-order valence-corrected chi connectivity index (χ3v) is 2.35. The smallest absolute Gasteiger partial charge is 0.150 e. The fourth-order valence-electron chi connectivity index (χ4n) is 1.26. The second kappa shape index (κ2) is 7.70. The highest BCUT2D eigenvalue weighted by atomic mass is 32.1. The third kappa shape index (κ3) is 4.46. The van der Waals surface area contributed by atoms with Crippen molar-refractivity contribution in [3.8, 4) is 0 Å². The van der Waals surface area contributed by atoms with Gasteiger partial charge in [0.2, 0.25) is 0 Å². The van der Waals surface area contributed by atoms with Crippen LogP contribution < -0.4 is 5.32 Å². The lowest BCUT2D eigenvalue weighted by Crippen LogP contribution is -2.29. The number of ether oxygens (including phenoxy) is 1. The summed E-state index contributed by atoms with van der Waals surface area (Å²) in [7, 11) is 0. The van der Waals surface area contributed by atoms with E-state index < -0.39 is 0 Å². The van der Waals surface area contributed by atoms with Crippen molar-refractivity contribution in [1.29, 1.82) is 0 Å². The molecule has 1 aromatic rings. The number of hydrogen-bond donors (Lipinski definition) is 1. The number of nitrogens with one attached hydrogen (secondary N) is 1. The van der Waals surface area contributed by atoms with E-state index >= 15 is 0 Å². The van der Waals surface area contributed by atoms with Crippen LogP contribution in [0.15, 0.2) is 49.7 Å². The first-order chi connectivity index (χ1) is 8.29. The van der Waals surface area contributed by atoms with Gasteiger partial charge in [-0.05, 0) is 12.1 Å². The van der Waals surface area contributed by atoms with E-state index in [0.717, 1.165) is 5.69 Å².